The van der Waals surface area contributed by atoms with Crippen LogP contribution < -0.4 is 0 Å². The molecule has 2 aromatic rings. The maximum atomic E-state index is 12.7. The van der Waals surface area contributed by atoms with Gasteiger partial charge in [-0.2, -0.15) is 18.2 Å². The van der Waals surface area contributed by atoms with Crippen LogP contribution >= 0.6 is 0 Å². The third kappa shape index (κ3) is 5.04. The summed E-state index contributed by atoms with van der Waals surface area (Å²) in [5.74, 6) is 0.368. The Kier molecular flexibility index (Phi) is 4.76. The second kappa shape index (κ2) is 6.29. The van der Waals surface area contributed by atoms with Crippen molar-refractivity contribution in [3.63, 3.8) is 0 Å². The molecule has 0 fully saturated rings. The highest BCUT2D eigenvalue weighted by Crippen LogP contribution is 2.31. The summed E-state index contributed by atoms with van der Waals surface area (Å²) in [6.45, 7) is 4.01. The van der Waals surface area contributed by atoms with Crippen molar-refractivity contribution in [3.8, 4) is 11.4 Å². The summed E-state index contributed by atoms with van der Waals surface area (Å²) in [5.41, 5.74) is -1.40. The molecule has 1 aromatic carbocycles. The van der Waals surface area contributed by atoms with E-state index in [4.69, 9.17) is 4.52 Å². The number of nitrogens with zero attached hydrogens (tertiary/aromatic N) is 3. The van der Waals surface area contributed by atoms with Crippen LogP contribution in [0.5, 0.6) is 0 Å². The highest BCUT2D eigenvalue weighted by atomic mass is 19.4. The number of benzene rings is 1. The Morgan fingerprint density at radius 2 is 1.96 bits per heavy atom. The number of rotatable bonds is 5. The summed E-state index contributed by atoms with van der Waals surface area (Å²) in [6, 6.07) is 4.76. The average Bonchev–Trinajstić information content (AvgIpc) is 2.84. The summed E-state index contributed by atoms with van der Waals surface area (Å²) in [4.78, 5) is 5.89. The van der Waals surface area contributed by atoms with Crippen molar-refractivity contribution in [2.75, 3.05) is 13.6 Å². The van der Waals surface area contributed by atoms with Crippen molar-refractivity contribution in [1.82, 2.24) is 15.0 Å². The van der Waals surface area contributed by atoms with Crippen molar-refractivity contribution in [1.29, 1.82) is 0 Å². The molecule has 0 radical (unpaired) electrons. The summed E-state index contributed by atoms with van der Waals surface area (Å²) in [6.07, 6.45) is -4.42. The van der Waals surface area contributed by atoms with E-state index in [2.05, 4.69) is 10.1 Å². The van der Waals surface area contributed by atoms with Gasteiger partial charge in [0.1, 0.15) is 0 Å². The van der Waals surface area contributed by atoms with Gasteiger partial charge in [0.25, 0.3) is 0 Å². The van der Waals surface area contributed by atoms with Crippen LogP contribution in [0.4, 0.5) is 13.2 Å². The maximum Gasteiger partial charge on any atom is 0.416 e. The molecule has 0 aliphatic rings. The number of hydrogen-bond acceptors (Lipinski definition) is 5. The summed E-state index contributed by atoms with van der Waals surface area (Å²) in [7, 11) is 1.77. The molecule has 1 N–H and O–H groups in total. The lowest BCUT2D eigenvalue weighted by Gasteiger charge is -2.23. The zero-order chi connectivity index (χ0) is 17.3. The Labute approximate surface area is 131 Å². The highest BCUT2D eigenvalue weighted by molar-refractivity contribution is 5.55. The quantitative estimate of drug-likeness (QED) is 0.914. The smallest absolute Gasteiger partial charge is 0.389 e. The molecule has 0 saturated carbocycles. The molecular weight excluding hydrogens is 311 g/mol. The largest absolute Gasteiger partial charge is 0.416 e. The Balaban J connectivity index is 2.13. The first-order chi connectivity index (χ1) is 10.5. The minimum atomic E-state index is -4.42. The van der Waals surface area contributed by atoms with Crippen LogP contribution in [0.3, 0.4) is 0 Å². The third-order valence-corrected chi connectivity index (χ3v) is 2.98. The van der Waals surface area contributed by atoms with E-state index in [0.717, 1.165) is 12.1 Å². The fourth-order valence-electron chi connectivity index (χ4n) is 2.22. The lowest BCUT2D eigenvalue weighted by Crippen LogP contribution is -2.35. The fraction of sp³-hybridized carbons (Fsp3) is 0.467. The van der Waals surface area contributed by atoms with E-state index in [1.807, 2.05) is 0 Å². The van der Waals surface area contributed by atoms with Crippen LogP contribution in [0.2, 0.25) is 0 Å². The van der Waals surface area contributed by atoms with Gasteiger partial charge in [-0.3, -0.25) is 4.90 Å². The SMILES string of the molecule is CN(Cc1nc(-c2cccc(C(F)(F)F)c2)no1)CC(C)(C)O. The van der Waals surface area contributed by atoms with Gasteiger partial charge in [-0.15, -0.1) is 0 Å². The van der Waals surface area contributed by atoms with Crippen molar-refractivity contribution < 1.29 is 22.8 Å². The Bertz CT molecular complexity index is 662. The average molecular weight is 329 g/mol. The van der Waals surface area contributed by atoms with Crippen LogP contribution in [0.1, 0.15) is 25.3 Å². The molecule has 0 atom stereocenters. The van der Waals surface area contributed by atoms with Gasteiger partial charge in [0, 0.05) is 12.1 Å². The van der Waals surface area contributed by atoms with E-state index < -0.39 is 17.3 Å². The molecule has 8 heteroatoms. The lowest BCUT2D eigenvalue weighted by molar-refractivity contribution is -0.137. The van der Waals surface area contributed by atoms with Crippen LogP contribution in [0.15, 0.2) is 28.8 Å². The Hall–Kier alpha value is -1.93. The van der Waals surface area contributed by atoms with E-state index in [-0.39, 0.29) is 23.8 Å². The minimum Gasteiger partial charge on any atom is -0.389 e. The van der Waals surface area contributed by atoms with Gasteiger partial charge in [-0.1, -0.05) is 17.3 Å². The molecule has 0 amide bonds. The van der Waals surface area contributed by atoms with Gasteiger partial charge < -0.3 is 9.63 Å². The summed E-state index contributed by atoms with van der Waals surface area (Å²) in [5, 5.41) is 13.5. The van der Waals surface area contributed by atoms with Crippen LogP contribution in [-0.2, 0) is 12.7 Å². The minimum absolute atomic E-state index is 0.0998. The Morgan fingerprint density at radius 1 is 1.26 bits per heavy atom. The second-order valence-corrected chi connectivity index (χ2v) is 6.08. The predicted molar refractivity (Wildman–Crippen MR) is 77.4 cm³/mol. The van der Waals surface area contributed by atoms with Gasteiger partial charge in [0.05, 0.1) is 17.7 Å². The molecule has 0 saturated heterocycles. The molecule has 0 unspecified atom stereocenters. The van der Waals surface area contributed by atoms with E-state index in [0.29, 0.717) is 6.54 Å². The Morgan fingerprint density at radius 3 is 2.57 bits per heavy atom. The topological polar surface area (TPSA) is 62.4 Å². The van der Waals surface area contributed by atoms with Crippen molar-refractivity contribution >= 4 is 0 Å². The molecule has 2 rings (SSSR count). The fourth-order valence-corrected chi connectivity index (χ4v) is 2.22. The van der Waals surface area contributed by atoms with Crippen molar-refractivity contribution in [2.45, 2.75) is 32.2 Å². The number of likely N-dealkylation sites (N-methyl/N-ethyl adjacent to an activating group) is 1. The molecule has 0 bridgehead atoms. The number of alkyl halides is 3. The normalized spacial score (nSPS) is 12.9. The van der Waals surface area contributed by atoms with Gasteiger partial charge in [-0.25, -0.2) is 0 Å². The molecule has 0 aliphatic carbocycles. The van der Waals surface area contributed by atoms with E-state index in [1.54, 1.807) is 25.8 Å². The predicted octanol–water partition coefficient (Wildman–Crippen LogP) is 2.96. The zero-order valence-corrected chi connectivity index (χ0v) is 13.1. The van der Waals surface area contributed by atoms with E-state index in [1.165, 1.54) is 12.1 Å². The van der Waals surface area contributed by atoms with Gasteiger partial charge in [-0.05, 0) is 33.0 Å². The third-order valence-electron chi connectivity index (χ3n) is 2.98. The van der Waals surface area contributed by atoms with Gasteiger partial charge in [0.15, 0.2) is 0 Å². The number of aliphatic hydroxyl groups is 1. The van der Waals surface area contributed by atoms with Crippen molar-refractivity contribution in [3.05, 3.63) is 35.7 Å². The van der Waals surface area contributed by atoms with Crippen LogP contribution in [-0.4, -0.2) is 39.3 Å². The molecule has 5 nitrogen and oxygen atoms in total. The van der Waals surface area contributed by atoms with E-state index in [9.17, 15) is 18.3 Å². The molecule has 0 aliphatic heterocycles. The van der Waals surface area contributed by atoms with Crippen LogP contribution in [0.25, 0.3) is 11.4 Å². The highest BCUT2D eigenvalue weighted by Gasteiger charge is 2.30. The standard InChI is InChI=1S/C15H18F3N3O2/c1-14(2,22)9-21(3)8-12-19-13(20-23-12)10-5-4-6-11(7-10)15(16,17)18/h4-7,22H,8-9H2,1-3H3. The second-order valence-electron chi connectivity index (χ2n) is 6.08. The number of aromatic nitrogens is 2. The van der Waals surface area contributed by atoms with E-state index >= 15 is 0 Å². The number of hydrogen-bond donors (Lipinski definition) is 1. The molecule has 0 spiro atoms. The molecule has 126 valence electrons. The first-order valence-corrected chi connectivity index (χ1v) is 6.96. The molecule has 1 heterocycles. The monoisotopic (exact) mass is 329 g/mol. The molecular formula is C15H18F3N3O2. The number of halogens is 3. The first kappa shape index (κ1) is 17.4. The zero-order valence-electron chi connectivity index (χ0n) is 13.1. The summed E-state index contributed by atoms with van der Waals surface area (Å²) >= 11 is 0. The summed E-state index contributed by atoms with van der Waals surface area (Å²) < 4.78 is 43.2. The van der Waals surface area contributed by atoms with Crippen molar-refractivity contribution in [2.24, 2.45) is 0 Å². The molecule has 1 aromatic heterocycles. The van der Waals surface area contributed by atoms with Crippen LogP contribution in [0, 0.1) is 0 Å². The molecule has 23 heavy (non-hydrogen) atoms. The first-order valence-electron chi connectivity index (χ1n) is 6.96. The lowest BCUT2D eigenvalue weighted by atomic mass is 10.1. The van der Waals surface area contributed by atoms with Gasteiger partial charge >= 0.3 is 6.18 Å². The van der Waals surface area contributed by atoms with Gasteiger partial charge in [0.2, 0.25) is 11.7 Å². The maximum absolute atomic E-state index is 12.7.